The number of aromatic nitrogens is 3. The molecular weight excluding hydrogens is 344 g/mol. The Morgan fingerprint density at radius 1 is 1.32 bits per heavy atom. The van der Waals surface area contributed by atoms with Crippen LogP contribution in [0.4, 0.5) is 0 Å². The number of amides is 1. The molecule has 9 heteroatoms. The van der Waals surface area contributed by atoms with E-state index in [0.29, 0.717) is 43.1 Å². The van der Waals surface area contributed by atoms with Crippen molar-refractivity contribution in [2.24, 2.45) is 0 Å². The number of carbonyl (C=O) groups is 1. The van der Waals surface area contributed by atoms with Crippen LogP contribution in [0.5, 0.6) is 0 Å². The molecule has 2 aliphatic rings. The number of aromatic amines is 1. The third-order valence-corrected chi connectivity index (χ3v) is 4.93. The monoisotopic (exact) mass is 360 g/mol. The number of halogens is 1. The van der Waals surface area contributed by atoms with Crippen molar-refractivity contribution in [3.8, 4) is 11.4 Å². The normalized spacial score (nSPS) is 22.7. The van der Waals surface area contributed by atoms with Gasteiger partial charge in [-0.3, -0.25) is 20.0 Å². The Balaban J connectivity index is 1.63. The van der Waals surface area contributed by atoms with Gasteiger partial charge >= 0.3 is 0 Å². The molecule has 1 fully saturated rings. The third-order valence-electron chi connectivity index (χ3n) is 4.52. The van der Waals surface area contributed by atoms with Crippen LogP contribution in [0.2, 0.25) is 0 Å². The summed E-state index contributed by atoms with van der Waals surface area (Å²) in [5, 5.41) is -0.298. The van der Waals surface area contributed by atoms with Crippen molar-refractivity contribution in [1.82, 2.24) is 30.7 Å². The van der Waals surface area contributed by atoms with Gasteiger partial charge in [-0.1, -0.05) is 0 Å². The number of hydrazine groups is 1. The summed E-state index contributed by atoms with van der Waals surface area (Å²) in [6.45, 7) is 1.32. The number of nitrogens with zero attached hydrogens (tertiary/aromatic N) is 3. The minimum atomic E-state index is -0.468. The predicted molar refractivity (Wildman–Crippen MR) is 91.8 cm³/mol. The summed E-state index contributed by atoms with van der Waals surface area (Å²) >= 11 is 6.17. The van der Waals surface area contributed by atoms with Gasteiger partial charge in [0.15, 0.2) is 0 Å². The summed E-state index contributed by atoms with van der Waals surface area (Å²) in [6, 6.07) is 3.09. The maximum atomic E-state index is 12.7. The van der Waals surface area contributed by atoms with Crippen molar-refractivity contribution >= 4 is 17.5 Å². The molecule has 0 aliphatic carbocycles. The molecule has 0 radical (unpaired) electrons. The van der Waals surface area contributed by atoms with Gasteiger partial charge in [0, 0.05) is 36.6 Å². The fourth-order valence-electron chi connectivity index (χ4n) is 3.16. The Labute approximate surface area is 148 Å². The number of nitrogens with one attached hydrogen (secondary N) is 3. The van der Waals surface area contributed by atoms with Gasteiger partial charge in [-0.05, 0) is 18.6 Å². The molecule has 2 unspecified atom stereocenters. The molecule has 4 rings (SSSR count). The summed E-state index contributed by atoms with van der Waals surface area (Å²) in [5.41, 5.74) is 7.70. The second-order valence-electron chi connectivity index (χ2n) is 6.10. The molecule has 1 amide bonds. The average Bonchev–Trinajstić information content (AvgIpc) is 3.07. The van der Waals surface area contributed by atoms with E-state index in [-0.39, 0.29) is 16.8 Å². The maximum absolute atomic E-state index is 12.7. The van der Waals surface area contributed by atoms with Crippen LogP contribution in [0.1, 0.15) is 11.3 Å². The second-order valence-corrected chi connectivity index (χ2v) is 6.66. The van der Waals surface area contributed by atoms with Crippen LogP contribution in [-0.2, 0) is 17.8 Å². The molecule has 2 aromatic heterocycles. The Kier molecular flexibility index (Phi) is 4.24. The summed E-state index contributed by atoms with van der Waals surface area (Å²) in [4.78, 5) is 38.1. The summed E-state index contributed by atoms with van der Waals surface area (Å²) in [7, 11) is 0. The highest BCUT2D eigenvalue weighted by Gasteiger charge is 2.36. The first kappa shape index (κ1) is 16.2. The molecule has 130 valence electrons. The molecule has 0 bridgehead atoms. The third kappa shape index (κ3) is 3.04. The molecule has 1 saturated heterocycles. The van der Waals surface area contributed by atoms with Gasteiger partial charge in [0.1, 0.15) is 11.9 Å². The minimum Gasteiger partial charge on any atom is -0.335 e. The first-order chi connectivity index (χ1) is 12.1. The van der Waals surface area contributed by atoms with Crippen LogP contribution in [0.3, 0.4) is 0 Å². The molecule has 0 spiro atoms. The zero-order valence-electron chi connectivity index (χ0n) is 13.3. The van der Waals surface area contributed by atoms with Crippen LogP contribution in [0, 0.1) is 0 Å². The molecule has 2 aromatic rings. The van der Waals surface area contributed by atoms with Gasteiger partial charge in [0.25, 0.3) is 5.56 Å². The molecular formula is C16H17ClN6O2. The molecule has 8 nitrogen and oxygen atoms in total. The summed E-state index contributed by atoms with van der Waals surface area (Å²) in [5.74, 6) is 0.402. The van der Waals surface area contributed by atoms with Crippen LogP contribution >= 0.6 is 11.6 Å². The highest BCUT2D eigenvalue weighted by Crippen LogP contribution is 2.20. The number of hydrogen-bond donors (Lipinski definition) is 3. The second kappa shape index (κ2) is 6.55. The lowest BCUT2D eigenvalue weighted by molar-refractivity contribution is -0.134. The van der Waals surface area contributed by atoms with E-state index in [1.807, 2.05) is 0 Å². The molecule has 25 heavy (non-hydrogen) atoms. The van der Waals surface area contributed by atoms with Crippen LogP contribution in [0.25, 0.3) is 11.4 Å². The first-order valence-electron chi connectivity index (χ1n) is 8.07. The quantitative estimate of drug-likeness (QED) is 0.641. The van der Waals surface area contributed by atoms with Gasteiger partial charge in [0.2, 0.25) is 5.91 Å². The van der Waals surface area contributed by atoms with E-state index in [1.54, 1.807) is 29.4 Å². The number of H-pyrrole nitrogens is 1. The Bertz CT molecular complexity index is 855. The van der Waals surface area contributed by atoms with E-state index in [1.165, 1.54) is 0 Å². The van der Waals surface area contributed by atoms with Gasteiger partial charge in [-0.15, -0.1) is 11.6 Å². The molecule has 3 N–H and O–H groups in total. The number of rotatable bonds is 2. The molecule has 4 heterocycles. The predicted octanol–water partition coefficient (Wildman–Crippen LogP) is -0.200. The number of fused-ring (bicyclic) bond motifs is 1. The number of pyridine rings is 1. The smallest absolute Gasteiger partial charge is 0.254 e. The largest absolute Gasteiger partial charge is 0.335 e. The lowest BCUT2D eigenvalue weighted by Gasteiger charge is -2.30. The first-order valence-corrected chi connectivity index (χ1v) is 8.51. The summed E-state index contributed by atoms with van der Waals surface area (Å²) < 4.78 is 0. The zero-order valence-corrected chi connectivity index (χ0v) is 14.1. The molecule has 2 aliphatic heterocycles. The van der Waals surface area contributed by atoms with Gasteiger partial charge in [-0.25, -0.2) is 10.4 Å². The van der Waals surface area contributed by atoms with Crippen molar-refractivity contribution < 1.29 is 4.79 Å². The summed E-state index contributed by atoms with van der Waals surface area (Å²) in [6.07, 6.45) is 3.76. The van der Waals surface area contributed by atoms with E-state index in [0.717, 1.165) is 5.56 Å². The standard InChI is InChI=1S/C16H17ClN6O2/c17-11-7-19-22-13(11)16(25)23-6-3-10-12(8-23)20-14(21-15(10)24)9-1-4-18-5-2-9/h1-2,4-5,11,13,19,22H,3,6-8H2,(H,20,21,24). The van der Waals surface area contributed by atoms with Crippen molar-refractivity contribution in [3.63, 3.8) is 0 Å². The van der Waals surface area contributed by atoms with E-state index in [4.69, 9.17) is 11.6 Å². The molecule has 2 atom stereocenters. The fourth-order valence-corrected chi connectivity index (χ4v) is 3.41. The lowest BCUT2D eigenvalue weighted by atomic mass is 10.0. The van der Waals surface area contributed by atoms with Gasteiger partial charge in [-0.2, -0.15) is 0 Å². The Morgan fingerprint density at radius 2 is 2.12 bits per heavy atom. The van der Waals surface area contributed by atoms with Crippen molar-refractivity contribution in [2.75, 3.05) is 13.1 Å². The molecule has 0 saturated carbocycles. The number of alkyl halides is 1. The Hall–Kier alpha value is -2.29. The van der Waals surface area contributed by atoms with Crippen LogP contribution < -0.4 is 16.4 Å². The Morgan fingerprint density at radius 3 is 2.84 bits per heavy atom. The number of carbonyl (C=O) groups excluding carboxylic acids is 1. The number of hydrogen-bond acceptors (Lipinski definition) is 6. The SMILES string of the molecule is O=C(C1NNCC1Cl)N1CCc2c(nc(-c3ccncc3)[nH]c2=O)C1. The van der Waals surface area contributed by atoms with Crippen molar-refractivity contribution in [1.29, 1.82) is 0 Å². The van der Waals surface area contributed by atoms with Crippen LogP contribution in [-0.4, -0.2) is 50.3 Å². The van der Waals surface area contributed by atoms with E-state index >= 15 is 0 Å². The van der Waals surface area contributed by atoms with Crippen LogP contribution in [0.15, 0.2) is 29.3 Å². The minimum absolute atomic E-state index is 0.0804. The van der Waals surface area contributed by atoms with E-state index in [2.05, 4.69) is 25.8 Å². The van der Waals surface area contributed by atoms with E-state index in [9.17, 15) is 9.59 Å². The highest BCUT2D eigenvalue weighted by molar-refractivity contribution is 6.23. The van der Waals surface area contributed by atoms with Crippen molar-refractivity contribution in [2.45, 2.75) is 24.4 Å². The highest BCUT2D eigenvalue weighted by atomic mass is 35.5. The lowest BCUT2D eigenvalue weighted by Crippen LogP contribution is -2.50. The maximum Gasteiger partial charge on any atom is 0.254 e. The van der Waals surface area contributed by atoms with Gasteiger partial charge < -0.3 is 9.88 Å². The van der Waals surface area contributed by atoms with Crippen molar-refractivity contribution in [3.05, 3.63) is 46.1 Å². The average molecular weight is 361 g/mol. The van der Waals surface area contributed by atoms with E-state index < -0.39 is 6.04 Å². The molecule has 0 aromatic carbocycles. The topological polar surface area (TPSA) is 103 Å². The van der Waals surface area contributed by atoms with Gasteiger partial charge in [0.05, 0.1) is 17.6 Å². The fraction of sp³-hybridized carbons (Fsp3) is 0.375. The zero-order chi connectivity index (χ0) is 17.4.